The maximum Gasteiger partial charge on any atom is 0.269 e. The Morgan fingerprint density at radius 2 is 1.76 bits per heavy atom. The molecule has 10 heteroatoms. The molecule has 0 aliphatic carbocycles. The molecular formula is C36H38N4O5S. The molecule has 0 bridgehead atoms. The summed E-state index contributed by atoms with van der Waals surface area (Å²) in [6, 6.07) is 20.0. The number of carbonyl (C=O) groups is 1. The van der Waals surface area contributed by atoms with Gasteiger partial charge >= 0.3 is 0 Å². The van der Waals surface area contributed by atoms with Gasteiger partial charge in [-0.15, -0.1) is 0 Å². The average Bonchev–Trinajstić information content (AvgIpc) is 3.43. The van der Waals surface area contributed by atoms with Crippen LogP contribution in [0.15, 0.2) is 84.0 Å². The van der Waals surface area contributed by atoms with Crippen molar-refractivity contribution in [3.05, 3.63) is 101 Å². The normalized spacial score (nSPS) is 14.2. The van der Waals surface area contributed by atoms with Crippen molar-refractivity contribution in [2.24, 2.45) is 0 Å². The second-order valence-corrected chi connectivity index (χ2v) is 14.0. The molecule has 1 aliphatic heterocycles. The number of hydrogen-bond acceptors (Lipinski definition) is 7. The first-order chi connectivity index (χ1) is 22.0. The molecule has 0 saturated carbocycles. The van der Waals surface area contributed by atoms with Gasteiger partial charge in [0.15, 0.2) is 5.65 Å². The van der Waals surface area contributed by atoms with Crippen LogP contribution in [0.3, 0.4) is 0 Å². The highest BCUT2D eigenvalue weighted by Crippen LogP contribution is 2.38. The van der Waals surface area contributed by atoms with E-state index >= 15 is 0 Å². The summed E-state index contributed by atoms with van der Waals surface area (Å²) in [6.07, 6.45) is 3.58. The fourth-order valence-corrected chi connectivity index (χ4v) is 7.44. The van der Waals surface area contributed by atoms with Gasteiger partial charge in [0, 0.05) is 61.2 Å². The number of methoxy groups -OCH3 is 1. The summed E-state index contributed by atoms with van der Waals surface area (Å²) in [4.78, 5) is 21.6. The summed E-state index contributed by atoms with van der Waals surface area (Å²) in [5.41, 5.74) is 7.31. The van der Waals surface area contributed by atoms with Crippen molar-refractivity contribution >= 4 is 27.0 Å². The second-order valence-electron chi connectivity index (χ2n) is 12.2. The van der Waals surface area contributed by atoms with Crippen molar-refractivity contribution in [2.45, 2.75) is 37.8 Å². The van der Waals surface area contributed by atoms with Gasteiger partial charge in [-0.3, -0.25) is 4.79 Å². The van der Waals surface area contributed by atoms with Gasteiger partial charge in [-0.1, -0.05) is 29.8 Å². The van der Waals surface area contributed by atoms with Crippen LogP contribution in [0.5, 0.6) is 5.75 Å². The number of aromatic nitrogens is 2. The number of aliphatic hydroxyl groups is 1. The van der Waals surface area contributed by atoms with Gasteiger partial charge < -0.3 is 19.6 Å². The zero-order chi connectivity index (χ0) is 32.7. The second kappa shape index (κ2) is 12.4. The summed E-state index contributed by atoms with van der Waals surface area (Å²) in [5.74, 6) is 0.619. The van der Waals surface area contributed by atoms with Gasteiger partial charge in [0.25, 0.3) is 15.9 Å². The SMILES string of the molecule is COc1cc(-c2cnc3c(c2)c(-c2ccc(C(=O)N(C)C[C@H](C)O)cc2)cn3S(=O)(=O)c2ccc(C)cc2)cc2c1CCN(C)C2. The summed E-state index contributed by atoms with van der Waals surface area (Å²) < 4.78 is 35.0. The van der Waals surface area contributed by atoms with E-state index in [2.05, 4.69) is 18.0 Å². The van der Waals surface area contributed by atoms with Crippen LogP contribution in [-0.2, 0) is 23.0 Å². The highest BCUT2D eigenvalue weighted by molar-refractivity contribution is 7.90. The minimum Gasteiger partial charge on any atom is -0.496 e. The molecule has 5 aromatic rings. The maximum atomic E-state index is 14.0. The Morgan fingerprint density at radius 3 is 2.43 bits per heavy atom. The van der Waals surface area contributed by atoms with Gasteiger partial charge in [0.1, 0.15) is 5.75 Å². The Kier molecular flexibility index (Phi) is 8.45. The minimum atomic E-state index is -3.98. The predicted molar refractivity (Wildman–Crippen MR) is 180 cm³/mol. The highest BCUT2D eigenvalue weighted by Gasteiger charge is 2.25. The fraction of sp³-hybridized carbons (Fsp3) is 0.278. The standard InChI is InChI=1S/C36H38N4O5S/c1-23-6-12-30(13-7-23)46(43,44)40-22-33(25-8-10-26(11-9-25)36(42)39(4)20-24(2)41)32-17-28(19-37-35(32)40)27-16-29-21-38(3)15-14-31(29)34(18-27)45-5/h6-13,16-19,22,24,41H,14-15,20-21H2,1-5H3/t24-/m0/s1. The van der Waals surface area contributed by atoms with Gasteiger partial charge in [-0.2, -0.15) is 0 Å². The molecule has 0 spiro atoms. The largest absolute Gasteiger partial charge is 0.496 e. The van der Waals surface area contributed by atoms with Crippen LogP contribution >= 0.6 is 0 Å². The lowest BCUT2D eigenvalue weighted by Gasteiger charge is -2.27. The summed E-state index contributed by atoms with van der Waals surface area (Å²) in [7, 11) is 1.45. The Hall–Kier alpha value is -4.51. The van der Waals surface area contributed by atoms with Crippen LogP contribution in [0.2, 0.25) is 0 Å². The fourth-order valence-electron chi connectivity index (χ4n) is 6.12. The number of nitrogens with zero attached hydrogens (tertiary/aromatic N) is 4. The Bertz CT molecular complexity index is 2030. The maximum absolute atomic E-state index is 14.0. The molecule has 0 radical (unpaired) electrons. The molecule has 46 heavy (non-hydrogen) atoms. The lowest BCUT2D eigenvalue weighted by molar-refractivity contribution is 0.0703. The number of amides is 1. The minimum absolute atomic E-state index is 0.165. The highest BCUT2D eigenvalue weighted by atomic mass is 32.2. The summed E-state index contributed by atoms with van der Waals surface area (Å²) >= 11 is 0. The van der Waals surface area contributed by atoms with Crippen LogP contribution in [0.25, 0.3) is 33.3 Å². The number of hydrogen-bond donors (Lipinski definition) is 1. The lowest BCUT2D eigenvalue weighted by atomic mass is 9.93. The molecule has 1 amide bonds. The molecule has 0 unspecified atom stereocenters. The van der Waals surface area contributed by atoms with E-state index in [4.69, 9.17) is 9.72 Å². The molecule has 0 fully saturated rings. The molecule has 238 valence electrons. The van der Waals surface area contributed by atoms with Crippen LogP contribution in [0, 0.1) is 6.92 Å². The van der Waals surface area contributed by atoms with Crippen LogP contribution < -0.4 is 4.74 Å². The van der Waals surface area contributed by atoms with Crippen molar-refractivity contribution in [1.82, 2.24) is 18.8 Å². The number of pyridine rings is 1. The first-order valence-corrected chi connectivity index (χ1v) is 16.7. The predicted octanol–water partition coefficient (Wildman–Crippen LogP) is 5.37. The number of aliphatic hydroxyl groups excluding tert-OH is 1. The van der Waals surface area contributed by atoms with E-state index in [0.29, 0.717) is 22.2 Å². The number of carbonyl (C=O) groups excluding carboxylic acids is 1. The molecule has 1 atom stereocenters. The number of benzene rings is 3. The van der Waals surface area contributed by atoms with E-state index in [-0.39, 0.29) is 17.3 Å². The van der Waals surface area contributed by atoms with E-state index in [1.165, 1.54) is 20.0 Å². The molecular weight excluding hydrogens is 600 g/mol. The van der Waals surface area contributed by atoms with Crippen molar-refractivity contribution in [3.8, 4) is 28.0 Å². The first-order valence-electron chi connectivity index (χ1n) is 15.2. The smallest absolute Gasteiger partial charge is 0.269 e. The molecule has 3 heterocycles. The Balaban J connectivity index is 1.50. The molecule has 9 nitrogen and oxygen atoms in total. The number of ether oxygens (including phenoxy) is 1. The summed E-state index contributed by atoms with van der Waals surface area (Å²) in [5, 5.41) is 10.4. The molecule has 2 aromatic heterocycles. The molecule has 1 N–H and O–H groups in total. The van der Waals surface area contributed by atoms with Crippen molar-refractivity contribution in [3.63, 3.8) is 0 Å². The van der Waals surface area contributed by atoms with Gasteiger partial charge in [-0.25, -0.2) is 17.4 Å². The van der Waals surface area contributed by atoms with Gasteiger partial charge in [-0.05, 0) is 92.0 Å². The number of aryl methyl sites for hydroxylation is 1. The number of fused-ring (bicyclic) bond motifs is 2. The monoisotopic (exact) mass is 638 g/mol. The first kappa shape index (κ1) is 31.5. The van der Waals surface area contributed by atoms with Crippen molar-refractivity contribution < 1.29 is 23.1 Å². The zero-order valence-electron chi connectivity index (χ0n) is 26.7. The van der Waals surface area contributed by atoms with Crippen molar-refractivity contribution in [1.29, 1.82) is 0 Å². The molecule has 1 aliphatic rings. The van der Waals surface area contributed by atoms with Crippen molar-refractivity contribution in [2.75, 3.05) is 34.3 Å². The van der Waals surface area contributed by atoms with Crippen LogP contribution in [0.4, 0.5) is 0 Å². The topological polar surface area (TPSA) is 105 Å². The van der Waals surface area contributed by atoms with Gasteiger partial charge in [0.05, 0.1) is 18.1 Å². The third kappa shape index (κ3) is 5.91. The number of rotatable bonds is 8. The Morgan fingerprint density at radius 1 is 1.04 bits per heavy atom. The van der Waals surface area contributed by atoms with E-state index in [9.17, 15) is 18.3 Å². The number of likely N-dealkylation sites (N-methyl/N-ethyl adjacent to an activating group) is 2. The Labute approximate surface area is 269 Å². The van der Waals surface area contributed by atoms with E-state index in [1.807, 2.05) is 31.2 Å². The van der Waals surface area contributed by atoms with E-state index in [0.717, 1.165) is 47.5 Å². The molecule has 3 aromatic carbocycles. The quantitative estimate of drug-likeness (QED) is 0.244. The zero-order valence-corrected chi connectivity index (χ0v) is 27.5. The molecule has 6 rings (SSSR count). The average molecular weight is 639 g/mol. The summed E-state index contributed by atoms with van der Waals surface area (Å²) in [6.45, 7) is 5.53. The third-order valence-electron chi connectivity index (χ3n) is 8.56. The molecule has 0 saturated heterocycles. The van der Waals surface area contributed by atoms with Gasteiger partial charge in [0.2, 0.25) is 0 Å². The van der Waals surface area contributed by atoms with Crippen LogP contribution in [-0.4, -0.2) is 78.6 Å². The van der Waals surface area contributed by atoms with Crippen LogP contribution in [0.1, 0.15) is 34.0 Å². The van der Waals surface area contributed by atoms with E-state index in [1.54, 1.807) is 69.9 Å². The lowest BCUT2D eigenvalue weighted by Crippen LogP contribution is -2.32. The third-order valence-corrected chi connectivity index (χ3v) is 10.2. The van der Waals surface area contributed by atoms with E-state index < -0.39 is 16.1 Å².